The first-order valence-corrected chi connectivity index (χ1v) is 5.54. The normalized spacial score (nSPS) is 10.6. The lowest BCUT2D eigenvalue weighted by atomic mass is 10.1. The smallest absolute Gasteiger partial charge is 0.255 e. The van der Waals surface area contributed by atoms with Crippen molar-refractivity contribution >= 4 is 16.8 Å². The molecule has 5 heteroatoms. The van der Waals surface area contributed by atoms with Crippen LogP contribution in [0.25, 0.3) is 10.9 Å². The third-order valence-corrected chi connectivity index (χ3v) is 2.69. The molecular weight excluding hydrogens is 235 g/mol. The van der Waals surface area contributed by atoms with Gasteiger partial charge in [0.2, 0.25) is 0 Å². The molecular formula is C13H13FN2O2. The average molecular weight is 248 g/mol. The average Bonchev–Trinajstić information content (AvgIpc) is 2.38. The molecule has 1 heterocycles. The third kappa shape index (κ3) is 2.31. The fourth-order valence-corrected chi connectivity index (χ4v) is 1.71. The summed E-state index contributed by atoms with van der Waals surface area (Å²) in [4.78, 5) is 17.3. The summed E-state index contributed by atoms with van der Waals surface area (Å²) in [5.74, 6) is -0.655. The maximum absolute atomic E-state index is 13.4. The molecule has 0 spiro atoms. The van der Waals surface area contributed by atoms with Gasteiger partial charge < -0.3 is 10.0 Å². The number of likely N-dealkylation sites (N-methyl/N-ethyl adjacent to an activating group) is 1. The molecule has 0 radical (unpaired) electrons. The Bertz CT molecular complexity index is 586. The number of pyridine rings is 1. The highest BCUT2D eigenvalue weighted by atomic mass is 19.1. The number of carbonyl (C=O) groups is 1. The molecule has 0 aliphatic rings. The highest BCUT2D eigenvalue weighted by Crippen LogP contribution is 2.17. The number of aliphatic hydroxyl groups is 1. The molecule has 0 unspecified atom stereocenters. The van der Waals surface area contributed by atoms with Crippen molar-refractivity contribution in [2.75, 3.05) is 20.2 Å². The molecule has 4 nitrogen and oxygen atoms in total. The van der Waals surface area contributed by atoms with Crippen LogP contribution >= 0.6 is 0 Å². The zero-order chi connectivity index (χ0) is 13.1. The minimum Gasteiger partial charge on any atom is -0.395 e. The van der Waals surface area contributed by atoms with Gasteiger partial charge in [-0.05, 0) is 12.1 Å². The van der Waals surface area contributed by atoms with Gasteiger partial charge in [-0.2, -0.15) is 0 Å². The maximum Gasteiger partial charge on any atom is 0.255 e. The van der Waals surface area contributed by atoms with Crippen molar-refractivity contribution in [1.29, 1.82) is 0 Å². The number of aromatic nitrogens is 1. The molecule has 0 saturated heterocycles. The van der Waals surface area contributed by atoms with Crippen LogP contribution in [0.3, 0.4) is 0 Å². The fourth-order valence-electron chi connectivity index (χ4n) is 1.71. The van der Waals surface area contributed by atoms with E-state index in [4.69, 9.17) is 5.11 Å². The van der Waals surface area contributed by atoms with Crippen LogP contribution in [0.1, 0.15) is 10.4 Å². The monoisotopic (exact) mass is 248 g/mol. The fraction of sp³-hybridized carbons (Fsp3) is 0.231. The zero-order valence-corrected chi connectivity index (χ0v) is 9.93. The summed E-state index contributed by atoms with van der Waals surface area (Å²) in [7, 11) is 1.59. The molecule has 1 amide bonds. The lowest BCUT2D eigenvalue weighted by Gasteiger charge is -2.15. The summed E-state index contributed by atoms with van der Waals surface area (Å²) in [6.45, 7) is 0.151. The Labute approximate surface area is 104 Å². The minimum atomic E-state index is -0.407. The highest BCUT2D eigenvalue weighted by Gasteiger charge is 2.12. The third-order valence-electron chi connectivity index (χ3n) is 2.69. The van der Waals surface area contributed by atoms with Crippen molar-refractivity contribution in [3.8, 4) is 0 Å². The first kappa shape index (κ1) is 12.4. The van der Waals surface area contributed by atoms with Gasteiger partial charge in [0.1, 0.15) is 11.3 Å². The van der Waals surface area contributed by atoms with Crippen LogP contribution in [-0.2, 0) is 0 Å². The van der Waals surface area contributed by atoms with Crippen LogP contribution in [0.4, 0.5) is 4.39 Å². The van der Waals surface area contributed by atoms with Gasteiger partial charge in [0.15, 0.2) is 0 Å². The van der Waals surface area contributed by atoms with Crippen LogP contribution in [0.15, 0.2) is 30.5 Å². The van der Waals surface area contributed by atoms with Crippen LogP contribution in [0, 0.1) is 5.82 Å². The minimum absolute atomic E-state index is 0.0993. The Morgan fingerprint density at radius 3 is 3.00 bits per heavy atom. The quantitative estimate of drug-likeness (QED) is 0.894. The van der Waals surface area contributed by atoms with Crippen LogP contribution in [-0.4, -0.2) is 41.1 Å². The molecule has 0 aliphatic heterocycles. The number of nitrogens with zero attached hydrogens (tertiary/aromatic N) is 2. The summed E-state index contributed by atoms with van der Waals surface area (Å²) in [5, 5.41) is 9.36. The Hall–Kier alpha value is -2.01. The number of fused-ring (bicyclic) bond motifs is 1. The molecule has 0 aliphatic carbocycles. The van der Waals surface area contributed by atoms with E-state index >= 15 is 0 Å². The standard InChI is InChI=1S/C13H13FN2O2/c1-16(5-6-17)13(18)10-7-9-3-2-4-11(14)12(9)15-8-10/h2-4,7-8,17H,5-6H2,1H3. The summed E-state index contributed by atoms with van der Waals surface area (Å²) < 4.78 is 13.4. The summed E-state index contributed by atoms with van der Waals surface area (Å²) >= 11 is 0. The van der Waals surface area contributed by atoms with Crippen molar-refractivity contribution < 1.29 is 14.3 Å². The molecule has 1 N–H and O–H groups in total. The number of hydrogen-bond donors (Lipinski definition) is 1. The van der Waals surface area contributed by atoms with Gasteiger partial charge >= 0.3 is 0 Å². The van der Waals surface area contributed by atoms with Crippen molar-refractivity contribution in [1.82, 2.24) is 9.88 Å². The molecule has 2 aromatic rings. The predicted octanol–water partition coefficient (Wildman–Crippen LogP) is 1.44. The second kappa shape index (κ2) is 5.10. The molecule has 0 atom stereocenters. The van der Waals surface area contributed by atoms with Crippen LogP contribution in [0.2, 0.25) is 0 Å². The number of benzene rings is 1. The lowest BCUT2D eigenvalue weighted by molar-refractivity contribution is 0.0766. The molecule has 2 rings (SSSR count). The molecule has 0 bridgehead atoms. The molecule has 0 saturated carbocycles. The second-order valence-electron chi connectivity index (χ2n) is 3.99. The largest absolute Gasteiger partial charge is 0.395 e. The number of carbonyl (C=O) groups excluding carboxylic acids is 1. The Balaban J connectivity index is 2.39. The van der Waals surface area contributed by atoms with Gasteiger partial charge in [-0.15, -0.1) is 0 Å². The van der Waals surface area contributed by atoms with E-state index in [0.717, 1.165) is 0 Å². The lowest BCUT2D eigenvalue weighted by Crippen LogP contribution is -2.29. The van der Waals surface area contributed by atoms with E-state index in [2.05, 4.69) is 4.98 Å². The van der Waals surface area contributed by atoms with Gasteiger partial charge in [-0.25, -0.2) is 4.39 Å². The van der Waals surface area contributed by atoms with Crippen molar-refractivity contribution in [2.24, 2.45) is 0 Å². The number of hydrogen-bond acceptors (Lipinski definition) is 3. The van der Waals surface area contributed by atoms with Crippen molar-refractivity contribution in [3.63, 3.8) is 0 Å². The molecule has 1 aromatic carbocycles. The topological polar surface area (TPSA) is 53.4 Å². The molecule has 94 valence electrons. The SMILES string of the molecule is CN(CCO)C(=O)c1cnc2c(F)cccc2c1. The van der Waals surface area contributed by atoms with Gasteiger partial charge in [0.25, 0.3) is 5.91 Å². The van der Waals surface area contributed by atoms with E-state index in [1.807, 2.05) is 0 Å². The second-order valence-corrected chi connectivity index (χ2v) is 3.99. The molecule has 0 fully saturated rings. The van der Waals surface area contributed by atoms with Gasteiger partial charge in [0, 0.05) is 25.2 Å². The Morgan fingerprint density at radius 1 is 1.50 bits per heavy atom. The summed E-state index contributed by atoms with van der Waals surface area (Å²) in [6.07, 6.45) is 1.35. The number of amides is 1. The first-order chi connectivity index (χ1) is 8.63. The van der Waals surface area contributed by atoms with E-state index in [9.17, 15) is 9.18 Å². The first-order valence-electron chi connectivity index (χ1n) is 5.54. The number of aliphatic hydroxyl groups excluding tert-OH is 1. The predicted molar refractivity (Wildman–Crippen MR) is 65.7 cm³/mol. The van der Waals surface area contributed by atoms with Crippen molar-refractivity contribution in [3.05, 3.63) is 41.8 Å². The van der Waals surface area contributed by atoms with Crippen molar-refractivity contribution in [2.45, 2.75) is 0 Å². The van der Waals surface area contributed by atoms with E-state index in [1.54, 1.807) is 25.2 Å². The van der Waals surface area contributed by atoms with Gasteiger partial charge in [-0.3, -0.25) is 9.78 Å². The van der Waals surface area contributed by atoms with Gasteiger partial charge in [-0.1, -0.05) is 12.1 Å². The highest BCUT2D eigenvalue weighted by molar-refractivity contribution is 5.97. The van der Waals surface area contributed by atoms with Crippen LogP contribution < -0.4 is 0 Å². The Morgan fingerprint density at radius 2 is 2.28 bits per heavy atom. The van der Waals surface area contributed by atoms with E-state index in [1.165, 1.54) is 17.2 Å². The van der Waals surface area contributed by atoms with E-state index in [-0.39, 0.29) is 24.6 Å². The summed E-state index contributed by atoms with van der Waals surface area (Å²) in [6, 6.07) is 6.20. The van der Waals surface area contributed by atoms with Crippen LogP contribution in [0.5, 0.6) is 0 Å². The summed E-state index contributed by atoms with van der Waals surface area (Å²) in [5.41, 5.74) is 0.628. The van der Waals surface area contributed by atoms with Gasteiger partial charge in [0.05, 0.1) is 12.2 Å². The zero-order valence-electron chi connectivity index (χ0n) is 9.93. The molecule has 1 aromatic heterocycles. The Kier molecular flexibility index (Phi) is 3.53. The van der Waals surface area contributed by atoms with E-state index < -0.39 is 5.82 Å². The number of rotatable bonds is 3. The number of halogens is 1. The molecule has 18 heavy (non-hydrogen) atoms. The number of para-hydroxylation sites is 1. The maximum atomic E-state index is 13.4. The van der Waals surface area contributed by atoms with E-state index in [0.29, 0.717) is 10.9 Å².